The summed E-state index contributed by atoms with van der Waals surface area (Å²) in [6.45, 7) is 16.5. The summed E-state index contributed by atoms with van der Waals surface area (Å²) in [7, 11) is 0. The van der Waals surface area contributed by atoms with Gasteiger partial charge in [0.05, 0.1) is 28.7 Å². The monoisotopic (exact) mass is 408 g/mol. The maximum absolute atomic E-state index is 13.1. The SMILES string of the molecule is Cc1ccn2c(CN3CCN(C(=O)c4cnn(C(C)(C)C)c4C)CC3)c(C)nc2c1. The van der Waals surface area contributed by atoms with Gasteiger partial charge in [0, 0.05) is 44.6 Å². The zero-order valence-corrected chi connectivity index (χ0v) is 18.9. The Balaban J connectivity index is 1.43. The number of fused-ring (bicyclic) bond motifs is 1. The fraction of sp³-hybridized carbons (Fsp3) is 0.522. The number of aromatic nitrogens is 4. The molecule has 0 atom stereocenters. The predicted molar refractivity (Wildman–Crippen MR) is 118 cm³/mol. The van der Waals surface area contributed by atoms with Crippen LogP contribution in [0.5, 0.6) is 0 Å². The van der Waals surface area contributed by atoms with Gasteiger partial charge < -0.3 is 9.30 Å². The van der Waals surface area contributed by atoms with Crippen LogP contribution in [0.1, 0.15) is 53.8 Å². The van der Waals surface area contributed by atoms with Crippen molar-refractivity contribution < 1.29 is 4.79 Å². The smallest absolute Gasteiger partial charge is 0.257 e. The quantitative estimate of drug-likeness (QED) is 0.668. The molecule has 7 nitrogen and oxygen atoms in total. The van der Waals surface area contributed by atoms with Crippen LogP contribution in [0.4, 0.5) is 0 Å². The van der Waals surface area contributed by atoms with E-state index in [1.165, 1.54) is 11.3 Å². The van der Waals surface area contributed by atoms with Gasteiger partial charge in [0.2, 0.25) is 0 Å². The highest BCUT2D eigenvalue weighted by atomic mass is 16.2. The van der Waals surface area contributed by atoms with Crippen LogP contribution in [0.2, 0.25) is 0 Å². The Kier molecular flexibility index (Phi) is 5.18. The molecule has 0 radical (unpaired) electrons. The van der Waals surface area contributed by atoms with Gasteiger partial charge in [-0.15, -0.1) is 0 Å². The van der Waals surface area contributed by atoms with Crippen molar-refractivity contribution in [3.05, 3.63) is 52.7 Å². The fourth-order valence-electron chi connectivity index (χ4n) is 4.29. The molecule has 0 aliphatic carbocycles. The number of piperazine rings is 1. The van der Waals surface area contributed by atoms with Crippen molar-refractivity contribution >= 4 is 11.6 Å². The lowest BCUT2D eigenvalue weighted by Gasteiger charge is -2.34. The number of hydrogen-bond donors (Lipinski definition) is 0. The van der Waals surface area contributed by atoms with Crippen LogP contribution in [0.3, 0.4) is 0 Å². The van der Waals surface area contributed by atoms with E-state index < -0.39 is 0 Å². The lowest BCUT2D eigenvalue weighted by atomic mass is 10.1. The summed E-state index contributed by atoms with van der Waals surface area (Å²) >= 11 is 0. The van der Waals surface area contributed by atoms with Crippen LogP contribution < -0.4 is 0 Å². The average molecular weight is 409 g/mol. The highest BCUT2D eigenvalue weighted by molar-refractivity contribution is 5.95. The normalized spacial score (nSPS) is 15.9. The zero-order chi connectivity index (χ0) is 21.6. The first-order valence-corrected chi connectivity index (χ1v) is 10.7. The summed E-state index contributed by atoms with van der Waals surface area (Å²) < 4.78 is 4.12. The van der Waals surface area contributed by atoms with Gasteiger partial charge in [-0.1, -0.05) is 0 Å². The summed E-state index contributed by atoms with van der Waals surface area (Å²) in [6.07, 6.45) is 3.83. The molecule has 30 heavy (non-hydrogen) atoms. The average Bonchev–Trinajstić information content (AvgIpc) is 3.21. The number of rotatable bonds is 3. The molecular formula is C23H32N6O. The molecule has 3 aromatic rings. The number of pyridine rings is 1. The molecule has 0 unspecified atom stereocenters. The Labute approximate surface area is 178 Å². The van der Waals surface area contributed by atoms with E-state index in [0.717, 1.165) is 49.8 Å². The van der Waals surface area contributed by atoms with Crippen molar-refractivity contribution in [1.82, 2.24) is 29.0 Å². The first kappa shape index (κ1) is 20.6. The van der Waals surface area contributed by atoms with Crippen molar-refractivity contribution in [3.8, 4) is 0 Å². The molecule has 1 amide bonds. The van der Waals surface area contributed by atoms with Gasteiger partial charge in [-0.25, -0.2) is 4.98 Å². The molecule has 3 aromatic heterocycles. The fourth-order valence-corrected chi connectivity index (χ4v) is 4.29. The Bertz CT molecular complexity index is 1080. The van der Waals surface area contributed by atoms with E-state index in [9.17, 15) is 4.79 Å². The number of hydrogen-bond acceptors (Lipinski definition) is 4. The van der Waals surface area contributed by atoms with Crippen LogP contribution in [-0.4, -0.2) is 61.1 Å². The van der Waals surface area contributed by atoms with E-state index in [-0.39, 0.29) is 11.4 Å². The van der Waals surface area contributed by atoms with Crippen LogP contribution in [0, 0.1) is 20.8 Å². The molecule has 1 aliphatic rings. The van der Waals surface area contributed by atoms with E-state index >= 15 is 0 Å². The maximum Gasteiger partial charge on any atom is 0.257 e. The number of carbonyl (C=O) groups is 1. The van der Waals surface area contributed by atoms with Crippen LogP contribution in [-0.2, 0) is 12.1 Å². The third kappa shape index (κ3) is 3.74. The van der Waals surface area contributed by atoms with Gasteiger partial charge in [-0.05, 0) is 59.2 Å². The second kappa shape index (κ2) is 7.54. The summed E-state index contributed by atoms with van der Waals surface area (Å²) in [5, 5.41) is 4.46. The minimum Gasteiger partial charge on any atom is -0.336 e. The molecule has 1 saturated heterocycles. The minimum atomic E-state index is -0.133. The number of nitrogens with zero attached hydrogens (tertiary/aromatic N) is 6. The van der Waals surface area contributed by atoms with E-state index in [4.69, 9.17) is 4.98 Å². The second-order valence-electron chi connectivity index (χ2n) is 9.37. The molecule has 0 spiro atoms. The van der Waals surface area contributed by atoms with Crippen LogP contribution in [0.15, 0.2) is 24.5 Å². The standard InChI is InChI=1S/C23H32N6O/c1-16-7-8-28-20(17(2)25-21(28)13-16)15-26-9-11-27(12-10-26)22(30)19-14-24-29(18(19)3)23(4,5)6/h7-8,13-14H,9-12,15H2,1-6H3. The number of carbonyl (C=O) groups excluding carboxylic acids is 1. The van der Waals surface area contributed by atoms with Gasteiger partial charge in [0.15, 0.2) is 0 Å². The summed E-state index contributed by atoms with van der Waals surface area (Å²) in [5.74, 6) is 0.0871. The topological polar surface area (TPSA) is 58.7 Å². The van der Waals surface area contributed by atoms with Gasteiger partial charge in [0.25, 0.3) is 5.91 Å². The molecule has 0 saturated carbocycles. The highest BCUT2D eigenvalue weighted by Crippen LogP contribution is 2.21. The second-order valence-corrected chi connectivity index (χ2v) is 9.37. The molecule has 160 valence electrons. The molecule has 7 heteroatoms. The molecule has 1 fully saturated rings. The Morgan fingerprint density at radius 2 is 1.80 bits per heavy atom. The van der Waals surface area contributed by atoms with E-state index in [1.807, 2.05) is 16.5 Å². The largest absolute Gasteiger partial charge is 0.336 e. The Morgan fingerprint density at radius 3 is 2.43 bits per heavy atom. The van der Waals surface area contributed by atoms with Gasteiger partial charge in [-0.3, -0.25) is 14.4 Å². The van der Waals surface area contributed by atoms with Gasteiger partial charge in [-0.2, -0.15) is 5.10 Å². The van der Waals surface area contributed by atoms with Gasteiger partial charge >= 0.3 is 0 Å². The van der Waals surface area contributed by atoms with E-state index in [1.54, 1.807) is 6.20 Å². The molecule has 1 aliphatic heterocycles. The third-order valence-corrected chi connectivity index (χ3v) is 5.99. The highest BCUT2D eigenvalue weighted by Gasteiger charge is 2.27. The summed E-state index contributed by atoms with van der Waals surface area (Å²) in [6, 6.07) is 4.24. The molecule has 4 rings (SSSR count). The van der Waals surface area contributed by atoms with Crippen molar-refractivity contribution in [2.45, 2.75) is 53.6 Å². The van der Waals surface area contributed by atoms with Crippen molar-refractivity contribution in [3.63, 3.8) is 0 Å². The third-order valence-electron chi connectivity index (χ3n) is 5.99. The van der Waals surface area contributed by atoms with Crippen LogP contribution in [0.25, 0.3) is 5.65 Å². The minimum absolute atomic E-state index is 0.0871. The van der Waals surface area contributed by atoms with E-state index in [0.29, 0.717) is 5.56 Å². The zero-order valence-electron chi connectivity index (χ0n) is 18.9. The number of imidazole rings is 1. The maximum atomic E-state index is 13.1. The Morgan fingerprint density at radius 1 is 1.10 bits per heavy atom. The first-order valence-electron chi connectivity index (χ1n) is 10.7. The van der Waals surface area contributed by atoms with Crippen molar-refractivity contribution in [2.24, 2.45) is 0 Å². The lowest BCUT2D eigenvalue weighted by Crippen LogP contribution is -2.48. The first-order chi connectivity index (χ1) is 14.1. The lowest BCUT2D eigenvalue weighted by molar-refractivity contribution is 0.0625. The van der Waals surface area contributed by atoms with E-state index in [2.05, 4.69) is 67.3 Å². The molecular weight excluding hydrogens is 376 g/mol. The summed E-state index contributed by atoms with van der Waals surface area (Å²) in [5.41, 5.74) is 6.04. The molecule has 0 aromatic carbocycles. The molecule has 4 heterocycles. The molecule has 0 bridgehead atoms. The van der Waals surface area contributed by atoms with Crippen molar-refractivity contribution in [2.75, 3.05) is 26.2 Å². The van der Waals surface area contributed by atoms with Crippen molar-refractivity contribution in [1.29, 1.82) is 0 Å². The summed E-state index contributed by atoms with van der Waals surface area (Å²) in [4.78, 5) is 22.2. The number of aryl methyl sites for hydroxylation is 2. The Hall–Kier alpha value is -2.67. The predicted octanol–water partition coefficient (Wildman–Crippen LogP) is 3.17. The van der Waals surface area contributed by atoms with Gasteiger partial charge in [0.1, 0.15) is 5.65 Å². The van der Waals surface area contributed by atoms with Crippen LogP contribution >= 0.6 is 0 Å². The molecule has 0 N–H and O–H groups in total. The number of amides is 1.